The highest BCUT2D eigenvalue weighted by atomic mass is 16.4. The highest BCUT2D eigenvalue weighted by Gasteiger charge is 1.96. The Morgan fingerprint density at radius 2 is 1.56 bits per heavy atom. The van der Waals surface area contributed by atoms with Gasteiger partial charge in [-0.3, -0.25) is 4.79 Å². The summed E-state index contributed by atoms with van der Waals surface area (Å²) in [6.45, 7) is 8.26. The van der Waals surface area contributed by atoms with Gasteiger partial charge in [0.1, 0.15) is 0 Å². The van der Waals surface area contributed by atoms with Crippen molar-refractivity contribution in [2.75, 3.05) is 0 Å². The molecule has 1 fully saturated rings. The molecule has 25 heavy (non-hydrogen) atoms. The molecule has 1 saturated carbocycles. The van der Waals surface area contributed by atoms with E-state index in [1.54, 1.807) is 0 Å². The Bertz CT molecular complexity index is 507. The standard InChI is InChI=1S/C12H20O2.C8H10.C3H6/c1-4-5-6-10(2)7-8-11(3)9-12(13)14;1-2-8-6-4-3-5-7-8;1-2-3-1/h7-8H,4-6,9H2,1-3H3,(H,13,14);3-7H,2H2,1H3;1-3H2/b10-7+,11-8+;;. The Hall–Kier alpha value is -1.83. The summed E-state index contributed by atoms with van der Waals surface area (Å²) in [7, 11) is 0. The molecule has 1 aromatic rings. The lowest BCUT2D eigenvalue weighted by atomic mass is 10.1. The van der Waals surface area contributed by atoms with Gasteiger partial charge < -0.3 is 5.11 Å². The molecule has 1 aliphatic carbocycles. The normalized spacial score (nSPS) is 13.1. The Morgan fingerprint density at radius 1 is 1.00 bits per heavy atom. The summed E-state index contributed by atoms with van der Waals surface area (Å²) in [6.07, 6.45) is 13.2. The third-order valence-electron chi connectivity index (χ3n) is 3.61. The summed E-state index contributed by atoms with van der Waals surface area (Å²) < 4.78 is 0. The van der Waals surface area contributed by atoms with Crippen LogP contribution in [0.4, 0.5) is 0 Å². The van der Waals surface area contributed by atoms with Gasteiger partial charge in [0, 0.05) is 0 Å². The van der Waals surface area contributed by atoms with Crippen LogP contribution in [-0.2, 0) is 11.2 Å². The molecule has 0 unspecified atom stereocenters. The molecular weight excluding hydrogens is 308 g/mol. The van der Waals surface area contributed by atoms with Crippen molar-refractivity contribution < 1.29 is 9.90 Å². The van der Waals surface area contributed by atoms with Gasteiger partial charge in [-0.15, -0.1) is 0 Å². The number of carboxylic acid groups (broad SMARTS) is 1. The zero-order chi connectivity index (χ0) is 18.9. The van der Waals surface area contributed by atoms with Crippen molar-refractivity contribution in [1.82, 2.24) is 0 Å². The third-order valence-corrected chi connectivity index (χ3v) is 3.61. The molecule has 0 heterocycles. The molecule has 2 heteroatoms. The number of rotatable bonds is 7. The first-order valence-corrected chi connectivity index (χ1v) is 9.58. The first-order chi connectivity index (χ1) is 12.0. The summed E-state index contributed by atoms with van der Waals surface area (Å²) >= 11 is 0. The van der Waals surface area contributed by atoms with Crippen molar-refractivity contribution in [2.24, 2.45) is 0 Å². The van der Waals surface area contributed by atoms with Crippen molar-refractivity contribution in [2.45, 2.75) is 79.1 Å². The van der Waals surface area contributed by atoms with Gasteiger partial charge >= 0.3 is 5.97 Å². The maximum atomic E-state index is 10.4. The van der Waals surface area contributed by atoms with E-state index in [4.69, 9.17) is 5.11 Å². The molecule has 0 bridgehead atoms. The number of benzene rings is 1. The van der Waals surface area contributed by atoms with Crippen LogP contribution in [0.15, 0.2) is 53.6 Å². The van der Waals surface area contributed by atoms with Crippen LogP contribution in [0.2, 0.25) is 0 Å². The molecule has 0 atom stereocenters. The van der Waals surface area contributed by atoms with Gasteiger partial charge in [-0.2, -0.15) is 0 Å². The van der Waals surface area contributed by atoms with Crippen LogP contribution in [0.5, 0.6) is 0 Å². The number of aryl methyl sites for hydroxylation is 1. The van der Waals surface area contributed by atoms with Crippen molar-refractivity contribution in [1.29, 1.82) is 0 Å². The van der Waals surface area contributed by atoms with E-state index in [1.807, 2.05) is 25.1 Å². The molecule has 1 aromatic carbocycles. The van der Waals surface area contributed by atoms with Crippen molar-refractivity contribution in [3.05, 3.63) is 59.2 Å². The zero-order valence-corrected chi connectivity index (χ0v) is 16.6. The summed E-state index contributed by atoms with van der Waals surface area (Å²) in [5, 5.41) is 8.53. The largest absolute Gasteiger partial charge is 0.481 e. The third kappa shape index (κ3) is 18.4. The van der Waals surface area contributed by atoms with Gasteiger partial charge in [0.2, 0.25) is 0 Å². The first kappa shape index (κ1) is 23.2. The number of unbranched alkanes of at least 4 members (excludes halogenated alkanes) is 1. The van der Waals surface area contributed by atoms with Crippen LogP contribution >= 0.6 is 0 Å². The lowest BCUT2D eigenvalue weighted by molar-refractivity contribution is -0.136. The summed E-state index contributed by atoms with van der Waals surface area (Å²) in [6, 6.07) is 10.5. The fourth-order valence-electron chi connectivity index (χ4n) is 1.83. The molecule has 0 radical (unpaired) electrons. The van der Waals surface area contributed by atoms with Gasteiger partial charge in [0.15, 0.2) is 0 Å². The topological polar surface area (TPSA) is 37.3 Å². The number of carboxylic acids is 1. The Morgan fingerprint density at radius 3 is 1.96 bits per heavy atom. The SMILES string of the molecule is C1CC1.CCCC/C(C)=C/C=C(\C)CC(=O)O.CCc1ccccc1. The predicted octanol–water partition coefficient (Wildman–Crippen LogP) is 6.96. The summed E-state index contributed by atoms with van der Waals surface area (Å²) in [4.78, 5) is 10.4. The lowest BCUT2D eigenvalue weighted by Crippen LogP contribution is -1.94. The van der Waals surface area contributed by atoms with Crippen molar-refractivity contribution in [3.63, 3.8) is 0 Å². The monoisotopic (exact) mass is 344 g/mol. The van der Waals surface area contributed by atoms with Crippen LogP contribution in [0.25, 0.3) is 0 Å². The molecule has 0 spiro atoms. The van der Waals surface area contributed by atoms with E-state index in [0.717, 1.165) is 18.4 Å². The number of hydrogen-bond donors (Lipinski definition) is 1. The number of aliphatic carboxylic acids is 1. The fourth-order valence-corrected chi connectivity index (χ4v) is 1.83. The van der Waals surface area contributed by atoms with E-state index in [9.17, 15) is 4.79 Å². The smallest absolute Gasteiger partial charge is 0.307 e. The highest BCUT2D eigenvalue weighted by molar-refractivity contribution is 5.69. The average molecular weight is 345 g/mol. The van der Waals surface area contributed by atoms with E-state index < -0.39 is 5.97 Å². The summed E-state index contributed by atoms with van der Waals surface area (Å²) in [5.41, 5.74) is 3.62. The molecule has 2 rings (SSSR count). The van der Waals surface area contributed by atoms with Gasteiger partial charge in [-0.05, 0) is 38.7 Å². The molecule has 1 N–H and O–H groups in total. The van der Waals surface area contributed by atoms with Crippen LogP contribution in [0.1, 0.15) is 78.2 Å². The van der Waals surface area contributed by atoms with Crippen molar-refractivity contribution >= 4 is 5.97 Å². The van der Waals surface area contributed by atoms with Crippen LogP contribution in [0, 0.1) is 0 Å². The molecule has 140 valence electrons. The Kier molecular flexibility index (Phi) is 14.5. The second-order valence-electron chi connectivity index (χ2n) is 6.60. The minimum Gasteiger partial charge on any atom is -0.481 e. The molecule has 0 aromatic heterocycles. The quantitative estimate of drug-likeness (QED) is 0.543. The molecule has 0 saturated heterocycles. The highest BCUT2D eigenvalue weighted by Crippen LogP contribution is 2.14. The maximum Gasteiger partial charge on any atom is 0.307 e. The average Bonchev–Trinajstić information content (AvgIpc) is 3.48. The van der Waals surface area contributed by atoms with Crippen LogP contribution in [-0.4, -0.2) is 11.1 Å². The van der Waals surface area contributed by atoms with Crippen LogP contribution < -0.4 is 0 Å². The molecular formula is C23H36O2. The zero-order valence-electron chi connectivity index (χ0n) is 16.6. The number of carbonyl (C=O) groups is 1. The van der Waals surface area contributed by atoms with E-state index in [-0.39, 0.29) is 6.42 Å². The molecule has 0 aliphatic heterocycles. The molecule has 0 amide bonds. The first-order valence-electron chi connectivity index (χ1n) is 9.58. The summed E-state index contributed by atoms with van der Waals surface area (Å²) in [5.74, 6) is -0.765. The van der Waals surface area contributed by atoms with E-state index in [1.165, 1.54) is 43.2 Å². The van der Waals surface area contributed by atoms with Crippen molar-refractivity contribution in [3.8, 4) is 0 Å². The van der Waals surface area contributed by atoms with Crippen LogP contribution in [0.3, 0.4) is 0 Å². The Labute approximate surface area is 154 Å². The lowest BCUT2D eigenvalue weighted by Gasteiger charge is -1.98. The minimum atomic E-state index is -0.765. The van der Waals surface area contributed by atoms with E-state index in [2.05, 4.69) is 45.0 Å². The second-order valence-corrected chi connectivity index (χ2v) is 6.60. The minimum absolute atomic E-state index is 0.136. The van der Waals surface area contributed by atoms with E-state index in [0.29, 0.717) is 0 Å². The fraction of sp³-hybridized carbons (Fsp3) is 0.522. The maximum absolute atomic E-state index is 10.4. The molecule has 1 aliphatic rings. The molecule has 2 nitrogen and oxygen atoms in total. The number of hydrogen-bond acceptors (Lipinski definition) is 1. The number of allylic oxidation sites excluding steroid dienone is 3. The van der Waals surface area contributed by atoms with Gasteiger partial charge in [0.25, 0.3) is 0 Å². The van der Waals surface area contributed by atoms with E-state index >= 15 is 0 Å². The second kappa shape index (κ2) is 15.7. The van der Waals surface area contributed by atoms with Gasteiger partial charge in [-0.25, -0.2) is 0 Å². The predicted molar refractivity (Wildman–Crippen MR) is 109 cm³/mol. The Balaban J connectivity index is 0.000000429. The van der Waals surface area contributed by atoms with Gasteiger partial charge in [-0.1, -0.05) is 93.2 Å². The van der Waals surface area contributed by atoms with Gasteiger partial charge in [0.05, 0.1) is 6.42 Å².